The largest absolute Gasteiger partial charge is 0.508 e. The molecule has 9 N–H and O–H groups in total. The maximum Gasteiger partial charge on any atom is 0.328 e. The van der Waals surface area contributed by atoms with Crippen LogP contribution in [-0.2, 0) is 32.0 Å². The first kappa shape index (κ1) is 27.6. The SMILES string of the molecule is NC(Cc1ccc(O)cc1)C(=O)NC(Cc1cnc[nH]1)C(=O)NC(CS)C(=O)NC(CO)C(=O)O. The number of aliphatic hydroxyl groups excluding tert-OH is 1. The molecule has 4 atom stereocenters. The molecule has 190 valence electrons. The number of carboxylic acid groups (broad SMARTS) is 1. The number of aromatic hydroxyl groups is 1. The van der Waals surface area contributed by atoms with E-state index in [0.29, 0.717) is 11.3 Å². The van der Waals surface area contributed by atoms with Gasteiger partial charge in [-0.05, 0) is 24.1 Å². The van der Waals surface area contributed by atoms with Crippen LogP contribution in [0.4, 0.5) is 0 Å². The van der Waals surface area contributed by atoms with Crippen LogP contribution in [0.3, 0.4) is 0 Å². The molecule has 35 heavy (non-hydrogen) atoms. The second-order valence-electron chi connectivity index (χ2n) is 7.64. The molecule has 0 saturated heterocycles. The van der Waals surface area contributed by atoms with Crippen LogP contribution >= 0.6 is 12.6 Å². The first-order chi connectivity index (χ1) is 16.6. The van der Waals surface area contributed by atoms with Gasteiger partial charge in [0.05, 0.1) is 19.0 Å². The Morgan fingerprint density at radius 1 is 0.971 bits per heavy atom. The van der Waals surface area contributed by atoms with E-state index in [1.54, 1.807) is 12.1 Å². The molecule has 0 aliphatic rings. The number of nitrogens with zero attached hydrogens (tertiary/aromatic N) is 1. The number of hydrogen-bond acceptors (Lipinski definition) is 9. The molecule has 1 aromatic heterocycles. The number of aliphatic hydroxyl groups is 1. The molecule has 2 rings (SSSR count). The van der Waals surface area contributed by atoms with Gasteiger partial charge in [-0.3, -0.25) is 14.4 Å². The van der Waals surface area contributed by atoms with Crippen molar-refractivity contribution in [3.05, 3.63) is 48.0 Å². The fourth-order valence-corrected chi connectivity index (χ4v) is 3.26. The number of hydrogen-bond donors (Lipinski definition) is 9. The molecular formula is C21H28N6O7S. The van der Waals surface area contributed by atoms with Gasteiger partial charge in [0.15, 0.2) is 0 Å². The van der Waals surface area contributed by atoms with Crippen LogP contribution in [0.1, 0.15) is 11.3 Å². The molecule has 0 bridgehead atoms. The number of imidazole rings is 1. The van der Waals surface area contributed by atoms with Crippen molar-refractivity contribution in [2.45, 2.75) is 37.0 Å². The van der Waals surface area contributed by atoms with E-state index in [-0.39, 0.29) is 24.3 Å². The third kappa shape index (κ3) is 8.59. The Balaban J connectivity index is 2.09. The van der Waals surface area contributed by atoms with Crippen molar-refractivity contribution in [3.63, 3.8) is 0 Å². The van der Waals surface area contributed by atoms with Gasteiger partial charge in [-0.25, -0.2) is 9.78 Å². The Labute approximate surface area is 205 Å². The molecule has 0 radical (unpaired) electrons. The number of carbonyl (C=O) groups is 4. The van der Waals surface area contributed by atoms with Gasteiger partial charge in [-0.1, -0.05) is 12.1 Å². The van der Waals surface area contributed by atoms with Crippen molar-refractivity contribution in [2.24, 2.45) is 5.73 Å². The molecule has 4 unspecified atom stereocenters. The van der Waals surface area contributed by atoms with Crippen LogP contribution in [-0.4, -0.2) is 85.5 Å². The van der Waals surface area contributed by atoms with Crippen molar-refractivity contribution in [2.75, 3.05) is 12.4 Å². The average Bonchev–Trinajstić information content (AvgIpc) is 3.34. The summed E-state index contributed by atoms with van der Waals surface area (Å²) in [6.07, 6.45) is 3.00. The molecule has 0 spiro atoms. The summed E-state index contributed by atoms with van der Waals surface area (Å²) in [5.74, 6) is -3.80. The van der Waals surface area contributed by atoms with Crippen LogP contribution in [0.2, 0.25) is 0 Å². The number of phenolic OH excluding ortho intramolecular Hbond substituents is 1. The van der Waals surface area contributed by atoms with Gasteiger partial charge < -0.3 is 42.0 Å². The molecule has 0 saturated carbocycles. The van der Waals surface area contributed by atoms with Crippen LogP contribution in [0.15, 0.2) is 36.8 Å². The minimum Gasteiger partial charge on any atom is -0.508 e. The maximum atomic E-state index is 13.0. The molecule has 2 aromatic rings. The van der Waals surface area contributed by atoms with Crippen molar-refractivity contribution >= 4 is 36.3 Å². The summed E-state index contributed by atoms with van der Waals surface area (Å²) < 4.78 is 0. The normalized spacial score (nSPS) is 14.3. The Kier molecular flexibility index (Phi) is 10.5. The van der Waals surface area contributed by atoms with Crippen molar-refractivity contribution < 1.29 is 34.5 Å². The van der Waals surface area contributed by atoms with Gasteiger partial charge in [0.1, 0.15) is 23.9 Å². The second kappa shape index (κ2) is 13.3. The molecular weight excluding hydrogens is 480 g/mol. The maximum absolute atomic E-state index is 13.0. The van der Waals surface area contributed by atoms with Crippen LogP contribution in [0.25, 0.3) is 0 Å². The Hall–Kier alpha value is -3.62. The first-order valence-electron chi connectivity index (χ1n) is 10.5. The number of carboxylic acids is 1. The lowest BCUT2D eigenvalue weighted by Gasteiger charge is -2.24. The zero-order valence-electron chi connectivity index (χ0n) is 18.5. The van der Waals surface area contributed by atoms with E-state index >= 15 is 0 Å². The molecule has 14 heteroatoms. The molecule has 0 aliphatic carbocycles. The quantitative estimate of drug-likeness (QED) is 0.132. The standard InChI is InChI=1S/C21H28N6O7S/c22-14(5-11-1-3-13(29)4-2-11)18(30)25-15(6-12-7-23-10-24-12)19(31)27-17(9-35)20(32)26-16(8-28)21(33)34/h1-4,7,10,14-17,28-29,35H,5-6,8-9,22H2,(H,23,24)(H,25,30)(H,26,32)(H,27,31)(H,33,34). The minimum absolute atomic E-state index is 0.00119. The van der Waals surface area contributed by atoms with Gasteiger partial charge in [0.2, 0.25) is 17.7 Å². The van der Waals surface area contributed by atoms with Crippen LogP contribution < -0.4 is 21.7 Å². The zero-order chi connectivity index (χ0) is 26.0. The van der Waals surface area contributed by atoms with E-state index in [1.807, 2.05) is 0 Å². The highest BCUT2D eigenvalue weighted by atomic mass is 32.1. The molecule has 13 nitrogen and oxygen atoms in total. The number of aromatic nitrogens is 2. The van der Waals surface area contributed by atoms with E-state index < -0.39 is 54.5 Å². The van der Waals surface area contributed by atoms with Gasteiger partial charge in [-0.2, -0.15) is 12.6 Å². The molecule has 0 fully saturated rings. The monoisotopic (exact) mass is 508 g/mol. The molecule has 1 heterocycles. The van der Waals surface area contributed by atoms with E-state index in [2.05, 4.69) is 38.5 Å². The Morgan fingerprint density at radius 3 is 2.11 bits per heavy atom. The molecule has 3 amide bonds. The third-order valence-electron chi connectivity index (χ3n) is 4.95. The lowest BCUT2D eigenvalue weighted by atomic mass is 10.0. The topological polar surface area (TPSA) is 220 Å². The number of aliphatic carboxylic acids is 1. The number of carbonyl (C=O) groups excluding carboxylic acids is 3. The van der Waals surface area contributed by atoms with Gasteiger partial charge in [0, 0.05) is 24.1 Å². The number of H-pyrrole nitrogens is 1. The Bertz CT molecular complexity index is 1000. The summed E-state index contributed by atoms with van der Waals surface area (Å²) in [6.45, 7) is -0.842. The lowest BCUT2D eigenvalue weighted by Crippen LogP contribution is -2.58. The number of thiol groups is 1. The van der Waals surface area contributed by atoms with Crippen molar-refractivity contribution in [1.82, 2.24) is 25.9 Å². The summed E-state index contributed by atoms with van der Waals surface area (Å²) in [4.78, 5) is 55.8. The molecule has 0 aliphatic heterocycles. The lowest BCUT2D eigenvalue weighted by molar-refractivity contribution is -0.143. The number of rotatable bonds is 13. The highest BCUT2D eigenvalue weighted by Gasteiger charge is 2.30. The van der Waals surface area contributed by atoms with Gasteiger partial charge in [-0.15, -0.1) is 0 Å². The van der Waals surface area contributed by atoms with E-state index in [4.69, 9.17) is 15.9 Å². The highest BCUT2D eigenvalue weighted by molar-refractivity contribution is 7.80. The fraction of sp³-hybridized carbons (Fsp3) is 0.381. The summed E-state index contributed by atoms with van der Waals surface area (Å²) >= 11 is 4.03. The Morgan fingerprint density at radius 2 is 1.57 bits per heavy atom. The summed E-state index contributed by atoms with van der Waals surface area (Å²) in [5.41, 5.74) is 7.22. The summed E-state index contributed by atoms with van der Waals surface area (Å²) in [6, 6.07) is 1.18. The number of amides is 3. The van der Waals surface area contributed by atoms with Gasteiger partial charge in [0.25, 0.3) is 0 Å². The summed E-state index contributed by atoms with van der Waals surface area (Å²) in [7, 11) is 0. The number of nitrogens with two attached hydrogens (primary N) is 1. The highest BCUT2D eigenvalue weighted by Crippen LogP contribution is 2.11. The van der Waals surface area contributed by atoms with E-state index in [0.717, 1.165) is 0 Å². The minimum atomic E-state index is -1.56. The van der Waals surface area contributed by atoms with Crippen LogP contribution in [0.5, 0.6) is 5.75 Å². The predicted molar refractivity (Wildman–Crippen MR) is 126 cm³/mol. The number of phenols is 1. The smallest absolute Gasteiger partial charge is 0.328 e. The summed E-state index contributed by atoms with van der Waals surface area (Å²) in [5, 5.41) is 34.6. The average molecular weight is 509 g/mol. The fourth-order valence-electron chi connectivity index (χ4n) is 3.01. The zero-order valence-corrected chi connectivity index (χ0v) is 19.4. The predicted octanol–water partition coefficient (Wildman–Crippen LogP) is -2.31. The first-order valence-corrected chi connectivity index (χ1v) is 11.1. The number of benzene rings is 1. The van der Waals surface area contributed by atoms with Crippen molar-refractivity contribution in [3.8, 4) is 5.75 Å². The van der Waals surface area contributed by atoms with Gasteiger partial charge >= 0.3 is 5.97 Å². The third-order valence-corrected chi connectivity index (χ3v) is 5.32. The number of nitrogens with one attached hydrogen (secondary N) is 4. The second-order valence-corrected chi connectivity index (χ2v) is 8.01. The van der Waals surface area contributed by atoms with E-state index in [9.17, 15) is 24.3 Å². The van der Waals surface area contributed by atoms with Crippen LogP contribution in [0, 0.1) is 0 Å². The number of aromatic amines is 1. The van der Waals surface area contributed by atoms with Crippen molar-refractivity contribution in [1.29, 1.82) is 0 Å². The van der Waals surface area contributed by atoms with E-state index in [1.165, 1.54) is 24.7 Å². The molecule has 1 aromatic carbocycles.